The summed E-state index contributed by atoms with van der Waals surface area (Å²) in [6, 6.07) is 25.3. The highest BCUT2D eigenvalue weighted by Gasteiger charge is 2.50. The molecule has 0 aliphatic heterocycles. The van der Waals surface area contributed by atoms with Crippen LogP contribution in [0.5, 0.6) is 0 Å². The van der Waals surface area contributed by atoms with E-state index in [1.807, 2.05) is 16.8 Å². The second kappa shape index (κ2) is 9.93. The largest absolute Gasteiger partial charge is 0.407 e. The van der Waals surface area contributed by atoms with E-state index >= 15 is 0 Å². The summed E-state index contributed by atoms with van der Waals surface area (Å²) in [5.74, 6) is 0. The molecule has 2 heterocycles. The SMILES string of the molecule is CC(C)(C)[Si](OCCc1ccnn1-c1cc(Br)cnc1Cl)(c1ccccc1)c1ccccc1. The topological polar surface area (TPSA) is 39.9 Å². The van der Waals surface area contributed by atoms with Crippen LogP contribution in [0.15, 0.2) is 89.7 Å². The number of rotatable bonds is 7. The van der Waals surface area contributed by atoms with E-state index in [1.54, 1.807) is 12.4 Å². The van der Waals surface area contributed by atoms with Gasteiger partial charge in [0.1, 0.15) is 5.69 Å². The lowest BCUT2D eigenvalue weighted by atomic mass is 10.2. The van der Waals surface area contributed by atoms with Crippen LogP contribution in [0.25, 0.3) is 5.69 Å². The summed E-state index contributed by atoms with van der Waals surface area (Å²) in [5, 5.41) is 7.40. The molecule has 0 aliphatic rings. The maximum Gasteiger partial charge on any atom is 0.261 e. The molecular weight excluding hydrogens is 514 g/mol. The van der Waals surface area contributed by atoms with Gasteiger partial charge < -0.3 is 4.43 Å². The van der Waals surface area contributed by atoms with E-state index in [0.29, 0.717) is 18.2 Å². The predicted octanol–water partition coefficient (Wildman–Crippen LogP) is 5.80. The molecule has 0 atom stereocenters. The molecule has 4 nitrogen and oxygen atoms in total. The lowest BCUT2D eigenvalue weighted by molar-refractivity contribution is 0.299. The van der Waals surface area contributed by atoms with Gasteiger partial charge in [-0.05, 0) is 43.5 Å². The van der Waals surface area contributed by atoms with Gasteiger partial charge in [0.15, 0.2) is 5.15 Å². The molecule has 2 aromatic heterocycles. The second-order valence-electron chi connectivity index (χ2n) is 8.96. The summed E-state index contributed by atoms with van der Waals surface area (Å²) in [6.07, 6.45) is 4.17. The van der Waals surface area contributed by atoms with Gasteiger partial charge in [0.25, 0.3) is 8.32 Å². The Morgan fingerprint density at radius 3 is 2.15 bits per heavy atom. The van der Waals surface area contributed by atoms with Gasteiger partial charge in [0.05, 0.1) is 0 Å². The molecule has 0 saturated carbocycles. The first-order valence-corrected chi connectivity index (χ1v) is 14.0. The molecule has 0 radical (unpaired) electrons. The predicted molar refractivity (Wildman–Crippen MR) is 141 cm³/mol. The smallest absolute Gasteiger partial charge is 0.261 e. The number of hydrogen-bond acceptors (Lipinski definition) is 3. The van der Waals surface area contributed by atoms with Crippen LogP contribution in [0.1, 0.15) is 26.5 Å². The molecule has 0 amide bonds. The molecule has 4 aromatic rings. The Balaban J connectivity index is 1.68. The van der Waals surface area contributed by atoms with Crippen LogP contribution in [-0.2, 0) is 10.8 Å². The molecule has 0 aliphatic carbocycles. The molecule has 33 heavy (non-hydrogen) atoms. The normalized spacial score (nSPS) is 12.2. The zero-order chi connectivity index (χ0) is 23.5. The van der Waals surface area contributed by atoms with Crippen molar-refractivity contribution in [2.24, 2.45) is 0 Å². The Kier molecular flexibility index (Phi) is 7.19. The molecule has 2 aromatic carbocycles. The van der Waals surface area contributed by atoms with E-state index in [0.717, 1.165) is 15.9 Å². The standard InChI is InChI=1S/C26H27BrClN3OSi/c1-26(2,3)33(22-10-6-4-7-11-22,23-12-8-5-9-13-23)32-17-15-21-14-16-30-31(21)24-18-20(27)19-29-25(24)28/h4-14,16,18-19H,15,17H2,1-3H3. The molecule has 0 bridgehead atoms. The van der Waals surface area contributed by atoms with Crippen molar-refractivity contribution in [2.45, 2.75) is 32.2 Å². The number of pyridine rings is 1. The average Bonchev–Trinajstić information content (AvgIpc) is 3.27. The molecule has 0 unspecified atom stereocenters. The average molecular weight is 541 g/mol. The van der Waals surface area contributed by atoms with Crippen molar-refractivity contribution in [1.29, 1.82) is 0 Å². The van der Waals surface area contributed by atoms with E-state index in [-0.39, 0.29) is 5.04 Å². The molecule has 0 fully saturated rings. The van der Waals surface area contributed by atoms with Gasteiger partial charge in [-0.15, -0.1) is 0 Å². The summed E-state index contributed by atoms with van der Waals surface area (Å²) in [5.41, 5.74) is 1.77. The first kappa shape index (κ1) is 23.9. The Morgan fingerprint density at radius 2 is 1.58 bits per heavy atom. The highest BCUT2D eigenvalue weighted by Crippen LogP contribution is 2.36. The molecule has 0 saturated heterocycles. The first-order valence-electron chi connectivity index (χ1n) is 10.9. The van der Waals surface area contributed by atoms with E-state index in [2.05, 4.69) is 107 Å². The van der Waals surface area contributed by atoms with E-state index in [9.17, 15) is 0 Å². The summed E-state index contributed by atoms with van der Waals surface area (Å²) in [6.45, 7) is 7.43. The summed E-state index contributed by atoms with van der Waals surface area (Å²) < 4.78 is 9.72. The fourth-order valence-corrected chi connectivity index (χ4v) is 9.43. The van der Waals surface area contributed by atoms with Crippen LogP contribution in [-0.4, -0.2) is 29.7 Å². The summed E-state index contributed by atoms with van der Waals surface area (Å²) >= 11 is 9.85. The van der Waals surface area contributed by atoms with Crippen molar-refractivity contribution in [3.63, 3.8) is 0 Å². The highest BCUT2D eigenvalue weighted by molar-refractivity contribution is 9.10. The quantitative estimate of drug-likeness (QED) is 0.220. The lowest BCUT2D eigenvalue weighted by Crippen LogP contribution is -2.66. The zero-order valence-electron chi connectivity index (χ0n) is 19.0. The van der Waals surface area contributed by atoms with Crippen LogP contribution in [0.3, 0.4) is 0 Å². The Bertz CT molecular complexity index is 1170. The maximum absolute atomic E-state index is 7.02. The van der Waals surface area contributed by atoms with Crippen molar-refractivity contribution in [1.82, 2.24) is 14.8 Å². The Hall–Kier alpha value is -2.25. The fraction of sp³-hybridized carbons (Fsp3) is 0.231. The van der Waals surface area contributed by atoms with Gasteiger partial charge in [-0.3, -0.25) is 0 Å². The molecule has 4 rings (SSSR count). The number of halogens is 2. The van der Waals surface area contributed by atoms with Gasteiger partial charge in [-0.2, -0.15) is 5.10 Å². The Morgan fingerprint density at radius 1 is 0.970 bits per heavy atom. The maximum atomic E-state index is 7.02. The minimum absolute atomic E-state index is 0.0620. The molecule has 0 spiro atoms. The van der Waals surface area contributed by atoms with Crippen LogP contribution >= 0.6 is 27.5 Å². The molecule has 0 N–H and O–H groups in total. The first-order chi connectivity index (χ1) is 15.8. The van der Waals surface area contributed by atoms with Gasteiger partial charge >= 0.3 is 0 Å². The summed E-state index contributed by atoms with van der Waals surface area (Å²) in [4.78, 5) is 4.24. The van der Waals surface area contributed by atoms with Crippen LogP contribution in [0.4, 0.5) is 0 Å². The van der Waals surface area contributed by atoms with Crippen molar-refractivity contribution in [3.8, 4) is 5.69 Å². The van der Waals surface area contributed by atoms with E-state index in [1.165, 1.54) is 10.4 Å². The van der Waals surface area contributed by atoms with Crippen LogP contribution in [0, 0.1) is 0 Å². The minimum Gasteiger partial charge on any atom is -0.407 e. The second-order valence-corrected chi connectivity index (χ2v) is 14.5. The van der Waals surface area contributed by atoms with Gasteiger partial charge in [-0.25, -0.2) is 9.67 Å². The number of hydrogen-bond donors (Lipinski definition) is 0. The highest BCUT2D eigenvalue weighted by atomic mass is 79.9. The fourth-order valence-electron chi connectivity index (χ4n) is 4.37. The lowest BCUT2D eigenvalue weighted by Gasteiger charge is -2.43. The number of nitrogens with zero attached hydrogens (tertiary/aromatic N) is 3. The van der Waals surface area contributed by atoms with Crippen LogP contribution in [0.2, 0.25) is 10.2 Å². The monoisotopic (exact) mass is 539 g/mol. The number of benzene rings is 2. The number of aromatic nitrogens is 3. The van der Waals surface area contributed by atoms with E-state index < -0.39 is 8.32 Å². The van der Waals surface area contributed by atoms with E-state index in [4.69, 9.17) is 16.0 Å². The Labute approximate surface area is 209 Å². The van der Waals surface area contributed by atoms with Crippen molar-refractivity contribution < 1.29 is 4.43 Å². The van der Waals surface area contributed by atoms with Crippen molar-refractivity contribution in [2.75, 3.05) is 6.61 Å². The molecular formula is C26H27BrClN3OSi. The minimum atomic E-state index is -2.57. The van der Waals surface area contributed by atoms with Gasteiger partial charge in [0.2, 0.25) is 0 Å². The van der Waals surface area contributed by atoms with Crippen molar-refractivity contribution in [3.05, 3.63) is 101 Å². The molecule has 7 heteroatoms. The third-order valence-corrected chi connectivity index (χ3v) is 11.6. The third-order valence-electron chi connectivity index (χ3n) is 5.83. The van der Waals surface area contributed by atoms with Crippen molar-refractivity contribution >= 4 is 46.2 Å². The third kappa shape index (κ3) is 4.85. The van der Waals surface area contributed by atoms with Gasteiger partial charge in [0, 0.05) is 35.6 Å². The van der Waals surface area contributed by atoms with Crippen LogP contribution < -0.4 is 10.4 Å². The summed E-state index contributed by atoms with van der Waals surface area (Å²) in [7, 11) is -2.57. The zero-order valence-corrected chi connectivity index (χ0v) is 22.3. The van der Waals surface area contributed by atoms with Gasteiger partial charge in [-0.1, -0.05) is 93.0 Å². The molecule has 170 valence electrons.